The van der Waals surface area contributed by atoms with Crippen molar-refractivity contribution in [3.8, 4) is 0 Å². The van der Waals surface area contributed by atoms with Gasteiger partial charge in [-0.25, -0.2) is 18.4 Å². The lowest BCUT2D eigenvalue weighted by molar-refractivity contribution is -0.119. The van der Waals surface area contributed by atoms with Crippen LogP contribution < -0.4 is 16.2 Å². The third-order valence-electron chi connectivity index (χ3n) is 3.35. The van der Waals surface area contributed by atoms with Gasteiger partial charge in [-0.15, -0.1) is 0 Å². The first-order valence-electron chi connectivity index (χ1n) is 7.13. The second-order valence-corrected chi connectivity index (χ2v) is 6.79. The van der Waals surface area contributed by atoms with Gasteiger partial charge in [0.2, 0.25) is 10.0 Å². The van der Waals surface area contributed by atoms with Crippen molar-refractivity contribution >= 4 is 33.3 Å². The van der Waals surface area contributed by atoms with Crippen LogP contribution in [0.15, 0.2) is 47.4 Å². The summed E-state index contributed by atoms with van der Waals surface area (Å²) in [6, 6.07) is 10.2. The van der Waals surface area contributed by atoms with E-state index in [4.69, 9.17) is 15.6 Å². The van der Waals surface area contributed by atoms with Crippen LogP contribution in [0.1, 0.15) is 15.9 Å². The van der Waals surface area contributed by atoms with Gasteiger partial charge in [0, 0.05) is 11.4 Å². The Bertz CT molecular complexity index is 908. The molecule has 0 fully saturated rings. The molecule has 0 saturated heterocycles. The van der Waals surface area contributed by atoms with E-state index in [1.807, 2.05) is 0 Å². The topological polar surface area (TPSA) is 142 Å². The number of primary sulfonamides is 1. The lowest BCUT2D eigenvalue weighted by atomic mass is 10.1. The van der Waals surface area contributed by atoms with Gasteiger partial charge in [0.15, 0.2) is 6.61 Å². The van der Waals surface area contributed by atoms with Crippen molar-refractivity contribution in [1.29, 1.82) is 0 Å². The molecule has 0 atom stereocenters. The Balaban J connectivity index is 1.94. The lowest BCUT2D eigenvalue weighted by Gasteiger charge is -2.09. The summed E-state index contributed by atoms with van der Waals surface area (Å²) >= 11 is 0. The molecule has 0 heterocycles. The molecule has 132 valence electrons. The average molecular weight is 363 g/mol. The van der Waals surface area contributed by atoms with Crippen LogP contribution >= 0.6 is 0 Å². The molecule has 0 aliphatic carbocycles. The maximum Gasteiger partial charge on any atom is 0.340 e. The number of ether oxygens (including phenoxy) is 1. The number of esters is 1. The monoisotopic (exact) mass is 363 g/mol. The molecule has 0 aliphatic rings. The molecule has 8 nitrogen and oxygen atoms in total. The lowest BCUT2D eigenvalue weighted by Crippen LogP contribution is -2.21. The summed E-state index contributed by atoms with van der Waals surface area (Å²) in [6.07, 6.45) is 0. The van der Waals surface area contributed by atoms with E-state index < -0.39 is 28.5 Å². The standard InChI is InChI=1S/C16H17N3O5S/c1-10-3-2-4-13(15(10)17)16(21)24-9-14(20)19-11-5-7-12(8-6-11)25(18,22)23/h2-8H,9,17H2,1H3,(H,19,20)(H2,18,22,23). The van der Waals surface area contributed by atoms with Crippen molar-refractivity contribution in [2.24, 2.45) is 5.14 Å². The Hall–Kier alpha value is -2.91. The van der Waals surface area contributed by atoms with Crippen molar-refractivity contribution in [1.82, 2.24) is 0 Å². The van der Waals surface area contributed by atoms with Gasteiger partial charge in [-0.2, -0.15) is 0 Å². The van der Waals surface area contributed by atoms with E-state index in [1.165, 1.54) is 30.3 Å². The zero-order valence-corrected chi connectivity index (χ0v) is 14.2. The highest BCUT2D eigenvalue weighted by molar-refractivity contribution is 7.89. The van der Waals surface area contributed by atoms with Gasteiger partial charge in [-0.3, -0.25) is 4.79 Å². The fourth-order valence-corrected chi connectivity index (χ4v) is 2.51. The zero-order chi connectivity index (χ0) is 18.6. The maximum atomic E-state index is 12.0. The molecule has 9 heteroatoms. The number of aryl methyl sites for hydroxylation is 1. The molecule has 0 aromatic heterocycles. The van der Waals surface area contributed by atoms with E-state index in [-0.39, 0.29) is 10.5 Å². The summed E-state index contributed by atoms with van der Waals surface area (Å²) in [6.45, 7) is 1.24. The number of hydrogen-bond donors (Lipinski definition) is 3. The minimum atomic E-state index is -3.80. The zero-order valence-electron chi connectivity index (χ0n) is 13.4. The molecule has 0 aliphatic heterocycles. The number of hydrogen-bond acceptors (Lipinski definition) is 6. The predicted octanol–water partition coefficient (Wildman–Crippen LogP) is 1.02. The molecule has 25 heavy (non-hydrogen) atoms. The molecule has 1 amide bonds. The van der Waals surface area contributed by atoms with Crippen LogP contribution in [0.4, 0.5) is 11.4 Å². The number of nitrogen functional groups attached to an aromatic ring is 1. The van der Waals surface area contributed by atoms with Gasteiger partial charge in [0.25, 0.3) is 5.91 Å². The first-order chi connectivity index (χ1) is 11.7. The van der Waals surface area contributed by atoms with Crippen LogP contribution in [0, 0.1) is 6.92 Å². The van der Waals surface area contributed by atoms with E-state index in [9.17, 15) is 18.0 Å². The molecule has 0 radical (unpaired) electrons. The van der Waals surface area contributed by atoms with Crippen LogP contribution in [0.2, 0.25) is 0 Å². The third kappa shape index (κ3) is 4.78. The fourth-order valence-electron chi connectivity index (χ4n) is 1.99. The smallest absolute Gasteiger partial charge is 0.340 e. The fraction of sp³-hybridized carbons (Fsp3) is 0.125. The number of anilines is 2. The largest absolute Gasteiger partial charge is 0.452 e. The van der Waals surface area contributed by atoms with Crippen molar-refractivity contribution in [2.75, 3.05) is 17.7 Å². The highest BCUT2D eigenvalue weighted by atomic mass is 32.2. The van der Waals surface area contributed by atoms with Gasteiger partial charge in [-0.05, 0) is 42.8 Å². The molecule has 2 rings (SSSR count). The maximum absolute atomic E-state index is 12.0. The third-order valence-corrected chi connectivity index (χ3v) is 4.27. The Labute approximate surface area is 144 Å². The van der Waals surface area contributed by atoms with Crippen molar-refractivity contribution < 1.29 is 22.7 Å². The van der Waals surface area contributed by atoms with Crippen LogP contribution in [0.3, 0.4) is 0 Å². The molecule has 2 aromatic carbocycles. The summed E-state index contributed by atoms with van der Waals surface area (Å²) in [5.74, 6) is -1.29. The summed E-state index contributed by atoms with van der Waals surface area (Å²) in [7, 11) is -3.80. The number of carbonyl (C=O) groups is 2. The minimum Gasteiger partial charge on any atom is -0.452 e. The van der Waals surface area contributed by atoms with Gasteiger partial charge in [0.1, 0.15) is 0 Å². The number of rotatable bonds is 5. The highest BCUT2D eigenvalue weighted by Crippen LogP contribution is 2.17. The van der Waals surface area contributed by atoms with Crippen LogP contribution in [-0.4, -0.2) is 26.9 Å². The molecular formula is C16H17N3O5S. The number of carbonyl (C=O) groups excluding carboxylic acids is 2. The Morgan fingerprint density at radius 3 is 2.36 bits per heavy atom. The Kier molecular flexibility index (Phi) is 5.40. The van der Waals surface area contributed by atoms with E-state index in [0.717, 1.165) is 5.56 Å². The van der Waals surface area contributed by atoms with E-state index in [1.54, 1.807) is 19.1 Å². The molecule has 0 spiro atoms. The summed E-state index contributed by atoms with van der Waals surface area (Å²) in [5.41, 5.74) is 7.35. The molecule has 2 aromatic rings. The van der Waals surface area contributed by atoms with Crippen molar-refractivity contribution in [3.05, 3.63) is 53.6 Å². The number of nitrogens with two attached hydrogens (primary N) is 2. The van der Waals surface area contributed by atoms with Gasteiger partial charge < -0.3 is 15.8 Å². The summed E-state index contributed by atoms with van der Waals surface area (Å²) < 4.78 is 27.2. The minimum absolute atomic E-state index is 0.0770. The van der Waals surface area contributed by atoms with Crippen LogP contribution in [0.25, 0.3) is 0 Å². The number of para-hydroxylation sites is 1. The van der Waals surface area contributed by atoms with E-state index in [2.05, 4.69) is 5.32 Å². The first kappa shape index (κ1) is 18.4. The van der Waals surface area contributed by atoms with Gasteiger partial charge >= 0.3 is 5.97 Å². The normalized spacial score (nSPS) is 11.0. The number of sulfonamides is 1. The van der Waals surface area contributed by atoms with Crippen LogP contribution in [0.5, 0.6) is 0 Å². The Morgan fingerprint density at radius 1 is 1.12 bits per heavy atom. The van der Waals surface area contributed by atoms with Gasteiger partial charge in [-0.1, -0.05) is 12.1 Å². The highest BCUT2D eigenvalue weighted by Gasteiger charge is 2.14. The second kappa shape index (κ2) is 7.32. The van der Waals surface area contributed by atoms with Crippen LogP contribution in [-0.2, 0) is 19.6 Å². The summed E-state index contributed by atoms with van der Waals surface area (Å²) in [4.78, 5) is 23.7. The SMILES string of the molecule is Cc1cccc(C(=O)OCC(=O)Nc2ccc(S(N)(=O)=O)cc2)c1N. The molecule has 5 N–H and O–H groups in total. The van der Waals surface area contributed by atoms with E-state index >= 15 is 0 Å². The average Bonchev–Trinajstić information content (AvgIpc) is 2.55. The summed E-state index contributed by atoms with van der Waals surface area (Å²) in [5, 5.41) is 7.45. The first-order valence-corrected chi connectivity index (χ1v) is 8.68. The predicted molar refractivity (Wildman–Crippen MR) is 92.3 cm³/mol. The Morgan fingerprint density at radius 2 is 1.76 bits per heavy atom. The van der Waals surface area contributed by atoms with Crippen molar-refractivity contribution in [2.45, 2.75) is 11.8 Å². The molecular weight excluding hydrogens is 346 g/mol. The number of benzene rings is 2. The molecule has 0 saturated carbocycles. The van der Waals surface area contributed by atoms with E-state index in [0.29, 0.717) is 11.4 Å². The molecule has 0 bridgehead atoms. The molecule has 0 unspecified atom stereocenters. The number of nitrogens with one attached hydrogen (secondary N) is 1. The second-order valence-electron chi connectivity index (χ2n) is 5.23. The quantitative estimate of drug-likeness (QED) is 0.535. The number of amides is 1. The van der Waals surface area contributed by atoms with Gasteiger partial charge in [0.05, 0.1) is 10.5 Å². The van der Waals surface area contributed by atoms with Crippen molar-refractivity contribution in [3.63, 3.8) is 0 Å².